The van der Waals surface area contributed by atoms with Crippen LogP contribution in [0.3, 0.4) is 0 Å². The van der Waals surface area contributed by atoms with Crippen molar-refractivity contribution >= 4 is 23.0 Å². The van der Waals surface area contributed by atoms with Crippen molar-refractivity contribution < 1.29 is 14.2 Å². The van der Waals surface area contributed by atoms with E-state index in [-0.39, 0.29) is 0 Å². The Labute approximate surface area is 143 Å². The Morgan fingerprint density at radius 1 is 1.04 bits per heavy atom. The first-order chi connectivity index (χ1) is 11.1. The molecule has 0 spiro atoms. The molecule has 1 N–H and O–H groups in total. The number of hydrogen-bond donors (Lipinski definition) is 1. The van der Waals surface area contributed by atoms with E-state index in [9.17, 15) is 0 Å². The number of rotatable bonds is 5. The van der Waals surface area contributed by atoms with E-state index in [0.717, 1.165) is 5.69 Å². The third kappa shape index (κ3) is 4.19. The monoisotopic (exact) mass is 338 g/mol. The summed E-state index contributed by atoms with van der Waals surface area (Å²) in [6, 6.07) is 4.25. The molecule has 1 fully saturated rings. The van der Waals surface area contributed by atoms with Crippen LogP contribution in [0.4, 0.5) is 5.69 Å². The largest absolute Gasteiger partial charge is 0.493 e. The van der Waals surface area contributed by atoms with Crippen molar-refractivity contribution in [2.75, 3.05) is 33.7 Å². The van der Waals surface area contributed by atoms with Gasteiger partial charge in [-0.15, -0.1) is 0 Å². The van der Waals surface area contributed by atoms with Gasteiger partial charge in [0.15, 0.2) is 16.6 Å². The Balaban J connectivity index is 2.13. The van der Waals surface area contributed by atoms with Crippen LogP contribution in [0.15, 0.2) is 12.1 Å². The van der Waals surface area contributed by atoms with Gasteiger partial charge in [-0.3, -0.25) is 0 Å². The van der Waals surface area contributed by atoms with Crippen LogP contribution in [0.2, 0.25) is 0 Å². The van der Waals surface area contributed by atoms with E-state index < -0.39 is 0 Å². The highest BCUT2D eigenvalue weighted by Gasteiger charge is 2.21. The van der Waals surface area contributed by atoms with Crippen molar-refractivity contribution in [3.8, 4) is 17.2 Å². The van der Waals surface area contributed by atoms with E-state index in [1.54, 1.807) is 21.3 Å². The molecule has 0 radical (unpaired) electrons. The lowest BCUT2D eigenvalue weighted by Gasteiger charge is -2.33. The summed E-state index contributed by atoms with van der Waals surface area (Å²) < 4.78 is 16.1. The van der Waals surface area contributed by atoms with Crippen LogP contribution in [0, 0.1) is 0 Å². The molecule has 0 amide bonds. The molecular weight excluding hydrogens is 312 g/mol. The van der Waals surface area contributed by atoms with Gasteiger partial charge in [0.2, 0.25) is 5.75 Å². The van der Waals surface area contributed by atoms with Gasteiger partial charge in [0, 0.05) is 30.9 Å². The van der Waals surface area contributed by atoms with E-state index in [2.05, 4.69) is 17.3 Å². The number of nitrogens with one attached hydrogen (secondary N) is 1. The Morgan fingerprint density at radius 2 is 1.61 bits per heavy atom. The minimum Gasteiger partial charge on any atom is -0.493 e. The lowest BCUT2D eigenvalue weighted by Crippen LogP contribution is -2.40. The normalized spacial score (nSPS) is 15.0. The smallest absolute Gasteiger partial charge is 0.203 e. The highest BCUT2D eigenvalue weighted by atomic mass is 32.1. The number of thiocarbonyl (C=S) groups is 1. The number of ether oxygens (including phenoxy) is 3. The summed E-state index contributed by atoms with van der Waals surface area (Å²) in [5, 5.41) is 4.00. The predicted molar refractivity (Wildman–Crippen MR) is 97.0 cm³/mol. The Bertz CT molecular complexity index is 520. The first-order valence-electron chi connectivity index (χ1n) is 7.94. The van der Waals surface area contributed by atoms with E-state index in [4.69, 9.17) is 26.4 Å². The zero-order chi connectivity index (χ0) is 16.8. The molecule has 1 aliphatic carbocycles. The van der Waals surface area contributed by atoms with Crippen molar-refractivity contribution in [3.05, 3.63) is 12.1 Å². The van der Waals surface area contributed by atoms with E-state index in [0.29, 0.717) is 28.4 Å². The van der Waals surface area contributed by atoms with Gasteiger partial charge in [-0.1, -0.05) is 19.3 Å². The van der Waals surface area contributed by atoms with Crippen LogP contribution in [0.1, 0.15) is 32.1 Å². The highest BCUT2D eigenvalue weighted by Crippen LogP contribution is 2.40. The molecule has 23 heavy (non-hydrogen) atoms. The molecule has 0 saturated heterocycles. The third-order valence-corrected chi connectivity index (χ3v) is 4.75. The molecule has 2 rings (SSSR count). The standard InChI is InChI=1S/C17H26N2O3S/c1-19(13-8-6-5-7-9-13)17(23)18-12-10-14(20-2)16(22-4)15(11-12)21-3/h10-11,13H,5-9H2,1-4H3,(H,18,23). The van der Waals surface area contributed by atoms with E-state index >= 15 is 0 Å². The summed E-state index contributed by atoms with van der Waals surface area (Å²) in [4.78, 5) is 2.16. The summed E-state index contributed by atoms with van der Waals surface area (Å²) >= 11 is 5.56. The van der Waals surface area contributed by atoms with Gasteiger partial charge < -0.3 is 24.4 Å². The summed E-state index contributed by atoms with van der Waals surface area (Å²) in [5.74, 6) is 1.79. The molecule has 5 nitrogen and oxygen atoms in total. The number of hydrogen-bond acceptors (Lipinski definition) is 4. The van der Waals surface area contributed by atoms with E-state index in [1.807, 2.05) is 12.1 Å². The Kier molecular flexibility index (Phi) is 6.33. The second kappa shape index (κ2) is 8.24. The predicted octanol–water partition coefficient (Wildman–Crippen LogP) is 3.67. The summed E-state index contributed by atoms with van der Waals surface area (Å²) in [7, 11) is 6.86. The summed E-state index contributed by atoms with van der Waals surface area (Å²) in [6.07, 6.45) is 6.29. The quantitative estimate of drug-likeness (QED) is 0.826. The third-order valence-electron chi connectivity index (χ3n) is 4.36. The van der Waals surface area contributed by atoms with Gasteiger partial charge in [0.25, 0.3) is 0 Å². The molecule has 1 saturated carbocycles. The Morgan fingerprint density at radius 3 is 2.09 bits per heavy atom. The van der Waals surface area contributed by atoms with Gasteiger partial charge in [0.1, 0.15) is 0 Å². The molecule has 1 aliphatic rings. The lowest BCUT2D eigenvalue weighted by atomic mass is 9.95. The van der Waals surface area contributed by atoms with Gasteiger partial charge in [0.05, 0.1) is 21.3 Å². The second-order valence-electron chi connectivity index (χ2n) is 5.75. The van der Waals surface area contributed by atoms with Crippen LogP contribution < -0.4 is 19.5 Å². The minimum atomic E-state index is 0.519. The number of anilines is 1. The minimum absolute atomic E-state index is 0.519. The van der Waals surface area contributed by atoms with Gasteiger partial charge >= 0.3 is 0 Å². The van der Waals surface area contributed by atoms with Crippen LogP contribution in [0.25, 0.3) is 0 Å². The highest BCUT2D eigenvalue weighted by molar-refractivity contribution is 7.80. The van der Waals surface area contributed by atoms with Crippen molar-refractivity contribution in [2.24, 2.45) is 0 Å². The maximum atomic E-state index is 5.56. The average Bonchev–Trinajstić information content (AvgIpc) is 2.60. The first kappa shape index (κ1) is 17.7. The molecule has 1 aromatic rings. The average molecular weight is 338 g/mol. The summed E-state index contributed by atoms with van der Waals surface area (Å²) in [5.41, 5.74) is 0.826. The molecule has 0 unspecified atom stereocenters. The van der Waals surface area contributed by atoms with Crippen LogP contribution in [-0.4, -0.2) is 44.4 Å². The molecule has 0 bridgehead atoms. The molecular formula is C17H26N2O3S. The van der Waals surface area contributed by atoms with Gasteiger partial charge in [-0.05, 0) is 25.1 Å². The van der Waals surface area contributed by atoms with Crippen LogP contribution >= 0.6 is 12.2 Å². The van der Waals surface area contributed by atoms with E-state index in [1.165, 1.54) is 32.1 Å². The molecule has 6 heteroatoms. The molecule has 0 heterocycles. The van der Waals surface area contributed by atoms with Crippen LogP contribution in [0.5, 0.6) is 17.2 Å². The SMILES string of the molecule is COc1cc(NC(=S)N(C)C2CCCCC2)cc(OC)c1OC. The number of benzene rings is 1. The fraction of sp³-hybridized carbons (Fsp3) is 0.588. The maximum absolute atomic E-state index is 5.56. The molecule has 0 atom stereocenters. The zero-order valence-corrected chi connectivity index (χ0v) is 15.2. The maximum Gasteiger partial charge on any atom is 0.203 e. The van der Waals surface area contributed by atoms with Crippen molar-refractivity contribution in [1.29, 1.82) is 0 Å². The molecule has 0 aromatic heterocycles. The fourth-order valence-electron chi connectivity index (χ4n) is 3.00. The van der Waals surface area contributed by atoms with Crippen LogP contribution in [-0.2, 0) is 0 Å². The zero-order valence-electron chi connectivity index (χ0n) is 14.3. The first-order valence-corrected chi connectivity index (χ1v) is 8.35. The number of nitrogens with zero attached hydrogens (tertiary/aromatic N) is 1. The summed E-state index contributed by atoms with van der Waals surface area (Å²) in [6.45, 7) is 0. The van der Waals surface area contributed by atoms with Gasteiger partial charge in [-0.2, -0.15) is 0 Å². The van der Waals surface area contributed by atoms with Crippen molar-refractivity contribution in [2.45, 2.75) is 38.1 Å². The Hall–Kier alpha value is -1.69. The molecule has 128 valence electrons. The van der Waals surface area contributed by atoms with Crippen molar-refractivity contribution in [1.82, 2.24) is 4.90 Å². The number of methoxy groups -OCH3 is 3. The lowest BCUT2D eigenvalue weighted by molar-refractivity contribution is 0.281. The second-order valence-corrected chi connectivity index (χ2v) is 6.13. The topological polar surface area (TPSA) is 43.0 Å². The molecule has 0 aliphatic heterocycles. The molecule has 1 aromatic carbocycles. The van der Waals surface area contributed by atoms with Gasteiger partial charge in [-0.25, -0.2) is 0 Å². The fourth-order valence-corrected chi connectivity index (χ4v) is 3.27. The van der Waals surface area contributed by atoms with Crippen molar-refractivity contribution in [3.63, 3.8) is 0 Å².